The van der Waals surface area contributed by atoms with Crippen LogP contribution < -0.4 is 9.47 Å². The number of ether oxygens (including phenoxy) is 4. The number of carboxylic acids is 1. The van der Waals surface area contributed by atoms with Crippen molar-refractivity contribution >= 4 is 16.9 Å². The van der Waals surface area contributed by atoms with Gasteiger partial charge >= 0.3 is 5.97 Å². The third kappa shape index (κ3) is 5.99. The summed E-state index contributed by atoms with van der Waals surface area (Å²) in [6.45, 7) is 1.55. The Balaban J connectivity index is 1.92. The number of carbonyl (C=O) groups is 1. The third-order valence-electron chi connectivity index (χ3n) is 6.39. The summed E-state index contributed by atoms with van der Waals surface area (Å²) in [5, 5.41) is 11.4. The highest BCUT2D eigenvalue weighted by atomic mass is 16.7. The maximum atomic E-state index is 12.9. The molecule has 200 valence electrons. The van der Waals surface area contributed by atoms with E-state index in [0.29, 0.717) is 24.6 Å². The van der Waals surface area contributed by atoms with Gasteiger partial charge in [0.15, 0.2) is 13.6 Å². The Bertz CT molecular complexity index is 1290. The molecule has 0 atom stereocenters. The van der Waals surface area contributed by atoms with Gasteiger partial charge in [0.1, 0.15) is 17.2 Å². The summed E-state index contributed by atoms with van der Waals surface area (Å²) in [6, 6.07) is 23.3. The number of benzene rings is 3. The number of aromatic carboxylic acids is 1. The van der Waals surface area contributed by atoms with Gasteiger partial charge in [-0.3, -0.25) is 0 Å². The summed E-state index contributed by atoms with van der Waals surface area (Å²) in [7, 11) is 7.11. The number of hydrogen-bond acceptors (Lipinski definition) is 6. The number of fused-ring (bicyclic) bond motifs is 1. The van der Waals surface area contributed by atoms with Gasteiger partial charge in [-0.1, -0.05) is 42.5 Å². The average Bonchev–Trinajstić information content (AvgIpc) is 3.25. The average molecular weight is 519 g/mol. The second-order valence-electron chi connectivity index (χ2n) is 9.21. The Morgan fingerprint density at radius 2 is 1.37 bits per heavy atom. The smallest absolute Gasteiger partial charge is 0.352 e. The standard InChI is InChI=1S/C30H34N2O6/c1-31(2)17-18-32-26-8-6-5-7-25(26)28(29(32)30(33)34)27(21-9-13-23(14-10-21)37-19-35-3)22-11-15-24(16-12-22)38-20-36-4/h5-16,27H,17-20H2,1-4H3,(H,33,34). The van der Waals surface area contributed by atoms with E-state index in [2.05, 4.69) is 4.90 Å². The van der Waals surface area contributed by atoms with Crippen molar-refractivity contribution in [3.63, 3.8) is 0 Å². The molecule has 4 rings (SSSR count). The normalized spacial score (nSPS) is 11.4. The molecule has 0 amide bonds. The van der Waals surface area contributed by atoms with E-state index in [1.54, 1.807) is 14.2 Å². The number of rotatable bonds is 13. The molecule has 1 aromatic heterocycles. The summed E-state index contributed by atoms with van der Waals surface area (Å²) in [4.78, 5) is 14.9. The van der Waals surface area contributed by atoms with Crippen molar-refractivity contribution in [2.45, 2.75) is 12.5 Å². The van der Waals surface area contributed by atoms with Crippen LogP contribution in [0.25, 0.3) is 10.9 Å². The molecule has 3 aromatic carbocycles. The minimum Gasteiger partial charge on any atom is -0.477 e. The van der Waals surface area contributed by atoms with Gasteiger partial charge in [0.25, 0.3) is 0 Å². The quantitative estimate of drug-likeness (QED) is 0.248. The number of carboxylic acid groups (broad SMARTS) is 1. The minimum atomic E-state index is -0.958. The van der Waals surface area contributed by atoms with Gasteiger partial charge in [0.05, 0.1) is 0 Å². The molecular formula is C30H34N2O6. The summed E-state index contributed by atoms with van der Waals surface area (Å²) in [5.74, 6) is 0.0358. The molecular weight excluding hydrogens is 484 g/mol. The van der Waals surface area contributed by atoms with E-state index >= 15 is 0 Å². The second-order valence-corrected chi connectivity index (χ2v) is 9.21. The predicted molar refractivity (Wildman–Crippen MR) is 146 cm³/mol. The van der Waals surface area contributed by atoms with Crippen LogP contribution in [0.4, 0.5) is 0 Å². The lowest BCUT2D eigenvalue weighted by Gasteiger charge is -2.21. The number of nitrogens with zero attached hydrogens (tertiary/aromatic N) is 2. The van der Waals surface area contributed by atoms with E-state index < -0.39 is 5.97 Å². The van der Waals surface area contributed by atoms with Crippen molar-refractivity contribution < 1.29 is 28.8 Å². The molecule has 1 N–H and O–H groups in total. The van der Waals surface area contributed by atoms with Gasteiger partial charge in [-0.05, 0) is 55.6 Å². The molecule has 8 heteroatoms. The lowest BCUT2D eigenvalue weighted by molar-refractivity contribution is 0.0509. The molecule has 0 unspecified atom stereocenters. The summed E-state index contributed by atoms with van der Waals surface area (Å²) in [5.41, 5.74) is 3.82. The van der Waals surface area contributed by atoms with Gasteiger partial charge in [0.2, 0.25) is 0 Å². The Labute approximate surface area is 222 Å². The Hall–Kier alpha value is -3.85. The second kappa shape index (κ2) is 12.6. The van der Waals surface area contributed by atoms with Crippen molar-refractivity contribution in [1.29, 1.82) is 0 Å². The summed E-state index contributed by atoms with van der Waals surface area (Å²) >= 11 is 0. The zero-order chi connectivity index (χ0) is 27.1. The van der Waals surface area contributed by atoms with Crippen molar-refractivity contribution in [3.05, 3.63) is 95.2 Å². The Morgan fingerprint density at radius 1 is 0.842 bits per heavy atom. The lowest BCUT2D eigenvalue weighted by Crippen LogP contribution is -2.21. The van der Waals surface area contributed by atoms with Crippen molar-refractivity contribution in [2.24, 2.45) is 0 Å². The number of para-hydroxylation sites is 1. The van der Waals surface area contributed by atoms with Gasteiger partial charge < -0.3 is 33.5 Å². The number of likely N-dealkylation sites (N-methyl/N-ethyl adjacent to an activating group) is 1. The first-order valence-electron chi connectivity index (χ1n) is 12.4. The molecule has 1 heterocycles. The maximum Gasteiger partial charge on any atom is 0.352 e. The third-order valence-corrected chi connectivity index (χ3v) is 6.39. The molecule has 0 saturated heterocycles. The van der Waals surface area contributed by atoms with E-state index in [1.165, 1.54) is 0 Å². The summed E-state index contributed by atoms with van der Waals surface area (Å²) < 4.78 is 23.1. The first-order valence-corrected chi connectivity index (χ1v) is 12.4. The highest BCUT2D eigenvalue weighted by Gasteiger charge is 2.30. The van der Waals surface area contributed by atoms with Gasteiger partial charge in [-0.25, -0.2) is 4.79 Å². The zero-order valence-electron chi connectivity index (χ0n) is 22.2. The Morgan fingerprint density at radius 3 is 1.84 bits per heavy atom. The number of methoxy groups -OCH3 is 2. The Kier molecular flexibility index (Phi) is 9.02. The van der Waals surface area contributed by atoms with Crippen molar-refractivity contribution in [2.75, 3.05) is 48.4 Å². The molecule has 38 heavy (non-hydrogen) atoms. The van der Waals surface area contributed by atoms with E-state index in [0.717, 1.165) is 27.6 Å². The van der Waals surface area contributed by atoms with E-state index in [9.17, 15) is 9.90 Å². The largest absolute Gasteiger partial charge is 0.477 e. The first kappa shape index (κ1) is 27.2. The molecule has 0 spiro atoms. The van der Waals surface area contributed by atoms with Gasteiger partial charge in [-0.2, -0.15) is 0 Å². The van der Waals surface area contributed by atoms with Crippen molar-refractivity contribution in [3.8, 4) is 11.5 Å². The van der Waals surface area contributed by atoms with Crippen LogP contribution in [0.1, 0.15) is 33.1 Å². The van der Waals surface area contributed by atoms with E-state index in [4.69, 9.17) is 18.9 Å². The molecule has 0 saturated carbocycles. The van der Waals surface area contributed by atoms with Crippen LogP contribution in [-0.2, 0) is 16.0 Å². The van der Waals surface area contributed by atoms with Crippen LogP contribution in [0.15, 0.2) is 72.8 Å². The van der Waals surface area contributed by atoms with E-state index in [-0.39, 0.29) is 25.2 Å². The van der Waals surface area contributed by atoms with Crippen LogP contribution in [0.2, 0.25) is 0 Å². The SMILES string of the molecule is COCOc1ccc(C(c2ccc(OCOC)cc2)c2c(C(=O)O)n(CCN(C)C)c3ccccc23)cc1. The highest BCUT2D eigenvalue weighted by Crippen LogP contribution is 2.41. The van der Waals surface area contributed by atoms with Crippen LogP contribution in [0.3, 0.4) is 0 Å². The van der Waals surface area contributed by atoms with Crippen LogP contribution in [0, 0.1) is 0 Å². The first-order chi connectivity index (χ1) is 18.4. The topological polar surface area (TPSA) is 82.4 Å². The fourth-order valence-corrected chi connectivity index (χ4v) is 4.68. The molecule has 0 bridgehead atoms. The molecule has 8 nitrogen and oxygen atoms in total. The molecule has 0 aliphatic heterocycles. The molecule has 0 radical (unpaired) electrons. The van der Waals surface area contributed by atoms with Crippen molar-refractivity contribution in [1.82, 2.24) is 9.47 Å². The molecule has 0 fully saturated rings. The molecule has 4 aromatic rings. The zero-order valence-corrected chi connectivity index (χ0v) is 22.2. The van der Waals surface area contributed by atoms with E-state index in [1.807, 2.05) is 91.5 Å². The number of aromatic nitrogens is 1. The van der Waals surface area contributed by atoms with Crippen LogP contribution in [0.5, 0.6) is 11.5 Å². The van der Waals surface area contributed by atoms with Crippen LogP contribution in [-0.4, -0.2) is 69.0 Å². The molecule has 0 aliphatic rings. The summed E-state index contributed by atoms with van der Waals surface area (Å²) in [6.07, 6.45) is 0. The minimum absolute atomic E-state index is 0.147. The molecule has 0 aliphatic carbocycles. The number of hydrogen-bond donors (Lipinski definition) is 1. The van der Waals surface area contributed by atoms with Gasteiger partial charge in [-0.15, -0.1) is 0 Å². The fraction of sp³-hybridized carbons (Fsp3) is 0.300. The predicted octanol–water partition coefficient (Wildman–Crippen LogP) is 5.05. The lowest BCUT2D eigenvalue weighted by atomic mass is 9.83. The highest BCUT2D eigenvalue weighted by molar-refractivity contribution is 5.99. The maximum absolute atomic E-state index is 12.9. The van der Waals surface area contributed by atoms with Crippen LogP contribution >= 0.6 is 0 Å². The monoisotopic (exact) mass is 518 g/mol. The van der Waals surface area contributed by atoms with Gasteiger partial charge in [0, 0.05) is 49.7 Å². The fourth-order valence-electron chi connectivity index (χ4n) is 4.68.